The molecule has 2 atom stereocenters. The highest BCUT2D eigenvalue weighted by Crippen LogP contribution is 2.38. The molecule has 1 aromatic rings. The highest BCUT2D eigenvalue weighted by atomic mass is 35.5. The first-order valence-electron chi connectivity index (χ1n) is 11.5. The number of nitrogens with zero attached hydrogens (tertiary/aromatic N) is 3. The van der Waals surface area contributed by atoms with Gasteiger partial charge in [0.25, 0.3) is 5.91 Å². The Morgan fingerprint density at radius 3 is 2.55 bits per heavy atom. The second-order valence-electron chi connectivity index (χ2n) is 9.12. The van der Waals surface area contributed by atoms with Crippen LogP contribution in [0.15, 0.2) is 24.3 Å². The molecule has 9 nitrogen and oxygen atoms in total. The fourth-order valence-corrected chi connectivity index (χ4v) is 5.17. The second-order valence-corrected chi connectivity index (χ2v) is 9.53. The third kappa shape index (κ3) is 4.84. The van der Waals surface area contributed by atoms with E-state index in [1.807, 2.05) is 11.8 Å². The molecule has 3 aliphatic rings. The maximum atomic E-state index is 13.1. The third-order valence-electron chi connectivity index (χ3n) is 7.03. The summed E-state index contributed by atoms with van der Waals surface area (Å²) in [7, 11) is 0. The molecule has 5 amide bonds. The van der Waals surface area contributed by atoms with Crippen molar-refractivity contribution in [3.63, 3.8) is 0 Å². The van der Waals surface area contributed by atoms with Crippen LogP contribution >= 0.6 is 11.6 Å². The molecular weight excluding hydrogens is 446 g/mol. The molecule has 178 valence electrons. The molecule has 2 heterocycles. The molecule has 2 N–H and O–H groups in total. The van der Waals surface area contributed by atoms with Gasteiger partial charge in [0.1, 0.15) is 12.1 Å². The number of halogens is 1. The van der Waals surface area contributed by atoms with Crippen molar-refractivity contribution in [2.24, 2.45) is 5.92 Å². The Hall–Kier alpha value is -2.65. The molecule has 1 aromatic carbocycles. The number of rotatable bonds is 5. The number of carbonyl (C=O) groups excluding carboxylic acids is 4. The minimum absolute atomic E-state index is 0.0586. The summed E-state index contributed by atoms with van der Waals surface area (Å²) in [5, 5.41) is 6.16. The molecule has 1 spiro atoms. The van der Waals surface area contributed by atoms with Crippen LogP contribution in [-0.2, 0) is 14.4 Å². The molecule has 0 unspecified atom stereocenters. The average molecular weight is 476 g/mol. The molecule has 3 fully saturated rings. The Morgan fingerprint density at radius 1 is 1.12 bits per heavy atom. The Balaban J connectivity index is 1.26. The van der Waals surface area contributed by atoms with Gasteiger partial charge in [-0.25, -0.2) is 4.79 Å². The van der Waals surface area contributed by atoms with E-state index in [1.165, 1.54) is 0 Å². The van der Waals surface area contributed by atoms with Crippen molar-refractivity contribution in [3.05, 3.63) is 29.3 Å². The maximum Gasteiger partial charge on any atom is 0.325 e. The van der Waals surface area contributed by atoms with Gasteiger partial charge in [-0.05, 0) is 30.9 Å². The van der Waals surface area contributed by atoms with Gasteiger partial charge in [0.05, 0.1) is 17.3 Å². The van der Waals surface area contributed by atoms with Crippen LogP contribution in [0.1, 0.15) is 32.6 Å². The van der Waals surface area contributed by atoms with Gasteiger partial charge in [-0.1, -0.05) is 43.5 Å². The molecule has 0 radical (unpaired) electrons. The van der Waals surface area contributed by atoms with E-state index in [0.29, 0.717) is 43.3 Å². The summed E-state index contributed by atoms with van der Waals surface area (Å²) in [4.78, 5) is 55.5. The van der Waals surface area contributed by atoms with Crippen molar-refractivity contribution in [1.29, 1.82) is 0 Å². The van der Waals surface area contributed by atoms with E-state index in [1.54, 1.807) is 29.2 Å². The summed E-state index contributed by atoms with van der Waals surface area (Å²) in [6.45, 7) is 3.87. The number of amides is 5. The van der Waals surface area contributed by atoms with Gasteiger partial charge in [-0.15, -0.1) is 0 Å². The van der Waals surface area contributed by atoms with Crippen LogP contribution in [0.25, 0.3) is 0 Å². The molecule has 0 bridgehead atoms. The van der Waals surface area contributed by atoms with Gasteiger partial charge in [0, 0.05) is 26.2 Å². The minimum atomic E-state index is -0.858. The normalized spacial score (nSPS) is 25.9. The van der Waals surface area contributed by atoms with Crippen LogP contribution < -0.4 is 10.6 Å². The predicted molar refractivity (Wildman–Crippen MR) is 124 cm³/mol. The van der Waals surface area contributed by atoms with Crippen LogP contribution in [0.2, 0.25) is 5.02 Å². The largest absolute Gasteiger partial charge is 0.339 e. The number of imide groups is 1. The van der Waals surface area contributed by atoms with E-state index in [0.717, 1.165) is 24.2 Å². The van der Waals surface area contributed by atoms with Gasteiger partial charge >= 0.3 is 6.03 Å². The maximum absolute atomic E-state index is 13.1. The van der Waals surface area contributed by atoms with Gasteiger partial charge in [0.2, 0.25) is 11.8 Å². The zero-order valence-corrected chi connectivity index (χ0v) is 19.6. The highest BCUT2D eigenvalue weighted by molar-refractivity contribution is 6.33. The fourth-order valence-electron chi connectivity index (χ4n) is 4.99. The SMILES string of the molecule is C[C@H]1CCCC[C@]12NC(=O)N(CC(=O)N1CCN(CC(=O)Nc3ccccc3Cl)CC1)C2=O. The molecule has 4 rings (SSSR count). The molecule has 33 heavy (non-hydrogen) atoms. The molecule has 0 aromatic heterocycles. The topological polar surface area (TPSA) is 102 Å². The quantitative estimate of drug-likeness (QED) is 0.633. The number of carbonyl (C=O) groups is 4. The van der Waals surface area contributed by atoms with Crippen LogP contribution in [0.4, 0.5) is 10.5 Å². The smallest absolute Gasteiger partial charge is 0.325 e. The van der Waals surface area contributed by atoms with Crippen molar-refractivity contribution in [3.8, 4) is 0 Å². The van der Waals surface area contributed by atoms with Gasteiger partial charge < -0.3 is 15.5 Å². The second kappa shape index (κ2) is 9.69. The Bertz CT molecular complexity index is 949. The summed E-state index contributed by atoms with van der Waals surface area (Å²) < 4.78 is 0. The third-order valence-corrected chi connectivity index (χ3v) is 7.36. The number of anilines is 1. The summed E-state index contributed by atoms with van der Waals surface area (Å²) in [6.07, 6.45) is 3.45. The monoisotopic (exact) mass is 475 g/mol. The number of nitrogens with one attached hydrogen (secondary N) is 2. The number of para-hydroxylation sites is 1. The molecule has 2 aliphatic heterocycles. The lowest BCUT2D eigenvalue weighted by Crippen LogP contribution is -2.55. The number of hydrogen-bond acceptors (Lipinski definition) is 5. The number of hydrogen-bond donors (Lipinski definition) is 2. The average Bonchev–Trinajstić information content (AvgIpc) is 3.02. The van der Waals surface area contributed by atoms with Crippen molar-refractivity contribution in [1.82, 2.24) is 20.0 Å². The first-order valence-corrected chi connectivity index (χ1v) is 11.9. The van der Waals surface area contributed by atoms with Crippen molar-refractivity contribution in [2.45, 2.75) is 38.1 Å². The summed E-state index contributed by atoms with van der Waals surface area (Å²) in [5.74, 6) is -0.639. The van der Waals surface area contributed by atoms with E-state index in [4.69, 9.17) is 11.6 Å². The Kier molecular flexibility index (Phi) is 6.90. The summed E-state index contributed by atoms with van der Waals surface area (Å²) in [6, 6.07) is 6.57. The van der Waals surface area contributed by atoms with Crippen LogP contribution in [0.5, 0.6) is 0 Å². The molecular formula is C23H30ClN5O4. The number of urea groups is 1. The summed E-state index contributed by atoms with van der Waals surface area (Å²) in [5.41, 5.74) is -0.292. The van der Waals surface area contributed by atoms with E-state index in [9.17, 15) is 19.2 Å². The first kappa shape index (κ1) is 23.5. The van der Waals surface area contributed by atoms with E-state index in [-0.39, 0.29) is 36.7 Å². The number of piperazine rings is 1. The predicted octanol–water partition coefficient (Wildman–Crippen LogP) is 1.92. The van der Waals surface area contributed by atoms with Crippen LogP contribution in [0.3, 0.4) is 0 Å². The lowest BCUT2D eigenvalue weighted by atomic mass is 9.73. The van der Waals surface area contributed by atoms with E-state index in [2.05, 4.69) is 10.6 Å². The van der Waals surface area contributed by atoms with Crippen LogP contribution in [-0.4, -0.2) is 83.3 Å². The number of benzene rings is 1. The van der Waals surface area contributed by atoms with Crippen molar-refractivity contribution in [2.75, 3.05) is 44.6 Å². The van der Waals surface area contributed by atoms with Crippen molar-refractivity contribution < 1.29 is 19.2 Å². The summed E-state index contributed by atoms with van der Waals surface area (Å²) >= 11 is 6.08. The molecule has 10 heteroatoms. The first-order chi connectivity index (χ1) is 15.8. The molecule has 1 saturated carbocycles. The van der Waals surface area contributed by atoms with E-state index < -0.39 is 11.6 Å². The van der Waals surface area contributed by atoms with Gasteiger partial charge in [-0.2, -0.15) is 0 Å². The minimum Gasteiger partial charge on any atom is -0.339 e. The van der Waals surface area contributed by atoms with Crippen LogP contribution in [0, 0.1) is 5.92 Å². The van der Waals surface area contributed by atoms with E-state index >= 15 is 0 Å². The van der Waals surface area contributed by atoms with Gasteiger partial charge in [0.15, 0.2) is 0 Å². The lowest BCUT2D eigenvalue weighted by Gasteiger charge is -2.37. The molecule has 1 aliphatic carbocycles. The Morgan fingerprint density at radius 2 is 1.85 bits per heavy atom. The zero-order chi connectivity index (χ0) is 23.6. The highest BCUT2D eigenvalue weighted by Gasteiger charge is 2.55. The van der Waals surface area contributed by atoms with Gasteiger partial charge in [-0.3, -0.25) is 24.2 Å². The molecule has 2 saturated heterocycles. The lowest BCUT2D eigenvalue weighted by molar-refractivity contribution is -0.141. The fraction of sp³-hybridized carbons (Fsp3) is 0.565. The standard InChI is InChI=1S/C23H30ClN5O4/c1-16-6-4-5-9-23(16)21(32)29(22(33)26-23)15-20(31)28-12-10-27(11-13-28)14-19(30)25-18-8-3-2-7-17(18)24/h2-3,7-8,16H,4-6,9-15H2,1H3,(H,25,30)(H,26,33)/t16-,23-/m0/s1. The zero-order valence-electron chi connectivity index (χ0n) is 18.8. The van der Waals surface area contributed by atoms with Crippen molar-refractivity contribution >= 4 is 41.0 Å². The Labute approximate surface area is 198 Å².